The van der Waals surface area contributed by atoms with Gasteiger partial charge in [-0.15, -0.1) is 0 Å². The highest BCUT2D eigenvalue weighted by atomic mass is 16.6. The minimum atomic E-state index is -0.452. The fraction of sp³-hybridized carbons (Fsp3) is 0.154. The van der Waals surface area contributed by atoms with Crippen molar-refractivity contribution in [3.63, 3.8) is 0 Å². The molecule has 0 radical (unpaired) electrons. The zero-order chi connectivity index (χ0) is 12.1. The van der Waals surface area contributed by atoms with E-state index in [1.54, 1.807) is 42.6 Å². The van der Waals surface area contributed by atoms with Crippen LogP contribution in [0.4, 0.5) is 4.79 Å². The fourth-order valence-corrected chi connectivity index (χ4v) is 1.48. The number of para-hydroxylation sites is 1. The van der Waals surface area contributed by atoms with Gasteiger partial charge >= 0.3 is 6.09 Å². The molecule has 0 aliphatic carbocycles. The van der Waals surface area contributed by atoms with Crippen molar-refractivity contribution in [1.82, 2.24) is 4.90 Å². The Hall–Kier alpha value is -2.07. The van der Waals surface area contributed by atoms with Crippen LogP contribution in [0, 0.1) is 0 Å². The second kappa shape index (κ2) is 5.32. The number of amides is 1. The number of ether oxygens (including phenoxy) is 1. The summed E-state index contributed by atoms with van der Waals surface area (Å²) in [6.07, 6.45) is 4.67. The van der Waals surface area contributed by atoms with E-state index in [4.69, 9.17) is 9.84 Å². The molecule has 0 fully saturated rings. The number of rotatable bonds is 2. The predicted molar refractivity (Wildman–Crippen MR) is 63.5 cm³/mol. The summed E-state index contributed by atoms with van der Waals surface area (Å²) in [7, 11) is 0. The number of allylic oxidation sites excluding steroid dienone is 2. The Bertz CT molecular complexity index is 451. The van der Waals surface area contributed by atoms with Gasteiger partial charge in [-0.3, -0.25) is 4.90 Å². The topological polar surface area (TPSA) is 49.8 Å². The van der Waals surface area contributed by atoms with Crippen molar-refractivity contribution < 1.29 is 14.6 Å². The molecule has 0 unspecified atom stereocenters. The van der Waals surface area contributed by atoms with Gasteiger partial charge in [0.25, 0.3) is 0 Å². The van der Waals surface area contributed by atoms with Gasteiger partial charge in [0.15, 0.2) is 0 Å². The lowest BCUT2D eigenvalue weighted by Gasteiger charge is -2.21. The van der Waals surface area contributed by atoms with Gasteiger partial charge in [0, 0.05) is 6.20 Å². The standard InChI is InChI=1S/C13H13NO3/c15-10-11-5-4-8-14(9-11)13(16)17-12-6-2-1-3-7-12/h1-8,15H,9-10H2. The van der Waals surface area contributed by atoms with E-state index in [0.717, 1.165) is 5.57 Å². The van der Waals surface area contributed by atoms with E-state index in [2.05, 4.69) is 0 Å². The normalized spacial score (nSPS) is 14.4. The molecule has 88 valence electrons. The van der Waals surface area contributed by atoms with Gasteiger partial charge in [-0.2, -0.15) is 0 Å². The molecule has 0 saturated carbocycles. The van der Waals surface area contributed by atoms with E-state index in [0.29, 0.717) is 12.3 Å². The first kappa shape index (κ1) is 11.4. The molecule has 0 aromatic heterocycles. The Balaban J connectivity index is 1.98. The molecule has 4 nitrogen and oxygen atoms in total. The third kappa shape index (κ3) is 2.95. The van der Waals surface area contributed by atoms with Gasteiger partial charge < -0.3 is 9.84 Å². The highest BCUT2D eigenvalue weighted by Crippen LogP contribution is 2.13. The number of carbonyl (C=O) groups is 1. The summed E-state index contributed by atoms with van der Waals surface area (Å²) in [5, 5.41) is 9.00. The largest absolute Gasteiger partial charge is 0.419 e. The first-order valence-corrected chi connectivity index (χ1v) is 5.30. The lowest BCUT2D eigenvalue weighted by molar-refractivity contribution is 0.171. The number of hydrogen-bond donors (Lipinski definition) is 1. The number of carbonyl (C=O) groups excluding carboxylic acids is 1. The smallest absolute Gasteiger partial charge is 0.410 e. The summed E-state index contributed by atoms with van der Waals surface area (Å²) in [6.45, 7) is 0.304. The Kier molecular flexibility index (Phi) is 3.57. The van der Waals surface area contributed by atoms with Crippen molar-refractivity contribution in [2.24, 2.45) is 0 Å². The quantitative estimate of drug-likeness (QED) is 0.846. The van der Waals surface area contributed by atoms with Crippen molar-refractivity contribution in [1.29, 1.82) is 0 Å². The van der Waals surface area contributed by atoms with E-state index in [1.165, 1.54) is 4.90 Å². The molecule has 4 heteroatoms. The van der Waals surface area contributed by atoms with Crippen LogP contribution in [0.3, 0.4) is 0 Å². The number of nitrogens with zero attached hydrogens (tertiary/aromatic N) is 1. The zero-order valence-electron chi connectivity index (χ0n) is 9.24. The van der Waals surface area contributed by atoms with Gasteiger partial charge in [0.05, 0.1) is 13.2 Å². The summed E-state index contributed by atoms with van der Waals surface area (Å²) in [6, 6.07) is 8.88. The van der Waals surface area contributed by atoms with Gasteiger partial charge in [-0.25, -0.2) is 4.79 Å². The van der Waals surface area contributed by atoms with E-state index >= 15 is 0 Å². The van der Waals surface area contributed by atoms with Crippen LogP contribution in [0.2, 0.25) is 0 Å². The molecule has 0 bridgehead atoms. The molecule has 0 saturated heterocycles. The Morgan fingerprint density at radius 3 is 2.82 bits per heavy atom. The maximum Gasteiger partial charge on any atom is 0.419 e. The third-order valence-corrected chi connectivity index (χ3v) is 2.36. The van der Waals surface area contributed by atoms with E-state index in [9.17, 15) is 4.79 Å². The number of hydrogen-bond acceptors (Lipinski definition) is 3. The number of benzene rings is 1. The summed E-state index contributed by atoms with van der Waals surface area (Å²) < 4.78 is 5.17. The summed E-state index contributed by atoms with van der Waals surface area (Å²) >= 11 is 0. The highest BCUT2D eigenvalue weighted by Gasteiger charge is 2.16. The van der Waals surface area contributed by atoms with Crippen LogP contribution in [0.1, 0.15) is 0 Å². The lowest BCUT2D eigenvalue weighted by Crippen LogP contribution is -2.32. The Morgan fingerprint density at radius 1 is 1.35 bits per heavy atom. The van der Waals surface area contributed by atoms with Crippen LogP contribution in [-0.2, 0) is 0 Å². The van der Waals surface area contributed by atoms with Crippen molar-refractivity contribution in [2.75, 3.05) is 13.2 Å². The highest BCUT2D eigenvalue weighted by molar-refractivity contribution is 5.72. The Labute approximate surface area is 99.4 Å². The molecule has 0 spiro atoms. The minimum Gasteiger partial charge on any atom is -0.410 e. The lowest BCUT2D eigenvalue weighted by atomic mass is 10.2. The predicted octanol–water partition coefficient (Wildman–Crippen LogP) is 1.93. The average molecular weight is 231 g/mol. The summed E-state index contributed by atoms with van der Waals surface area (Å²) in [5.41, 5.74) is 0.775. The van der Waals surface area contributed by atoms with Crippen LogP contribution >= 0.6 is 0 Å². The van der Waals surface area contributed by atoms with Crippen molar-refractivity contribution in [2.45, 2.75) is 0 Å². The number of aliphatic hydroxyl groups is 1. The average Bonchev–Trinajstić information content (AvgIpc) is 2.40. The molecular formula is C13H13NO3. The van der Waals surface area contributed by atoms with Crippen molar-refractivity contribution in [3.05, 3.63) is 54.3 Å². The second-order valence-corrected chi connectivity index (χ2v) is 3.63. The zero-order valence-corrected chi connectivity index (χ0v) is 9.24. The van der Waals surface area contributed by atoms with Crippen molar-refractivity contribution in [3.8, 4) is 5.75 Å². The third-order valence-electron chi connectivity index (χ3n) is 2.36. The second-order valence-electron chi connectivity index (χ2n) is 3.63. The van der Waals surface area contributed by atoms with Crippen LogP contribution in [-0.4, -0.2) is 29.3 Å². The number of aliphatic hydroxyl groups excluding tert-OH is 1. The van der Waals surface area contributed by atoms with Crippen LogP contribution in [0.5, 0.6) is 5.75 Å². The molecule has 0 atom stereocenters. The maximum absolute atomic E-state index is 11.8. The van der Waals surface area contributed by atoms with Gasteiger partial charge in [0.1, 0.15) is 5.75 Å². The first-order valence-electron chi connectivity index (χ1n) is 5.30. The van der Waals surface area contributed by atoms with E-state index in [1.807, 2.05) is 6.07 Å². The van der Waals surface area contributed by atoms with Crippen LogP contribution in [0.25, 0.3) is 0 Å². The SMILES string of the molecule is O=C(Oc1ccccc1)N1C=CC=C(CO)C1. The molecule has 1 aromatic carbocycles. The van der Waals surface area contributed by atoms with Crippen LogP contribution < -0.4 is 4.74 Å². The van der Waals surface area contributed by atoms with Gasteiger partial charge in [-0.1, -0.05) is 24.3 Å². The van der Waals surface area contributed by atoms with Crippen LogP contribution in [0.15, 0.2) is 54.3 Å². The molecule has 1 amide bonds. The monoisotopic (exact) mass is 231 g/mol. The molecule has 1 aliphatic heterocycles. The summed E-state index contributed by atoms with van der Waals surface area (Å²) in [4.78, 5) is 13.2. The van der Waals surface area contributed by atoms with Gasteiger partial charge in [0.2, 0.25) is 0 Å². The first-order chi connectivity index (χ1) is 8.29. The van der Waals surface area contributed by atoms with Crippen molar-refractivity contribution >= 4 is 6.09 Å². The molecule has 2 rings (SSSR count). The summed E-state index contributed by atoms with van der Waals surface area (Å²) in [5.74, 6) is 0.506. The minimum absolute atomic E-state index is 0.0561. The molecule has 17 heavy (non-hydrogen) atoms. The van der Waals surface area contributed by atoms with Gasteiger partial charge in [-0.05, 0) is 23.8 Å². The Morgan fingerprint density at radius 2 is 2.12 bits per heavy atom. The van der Waals surface area contributed by atoms with E-state index < -0.39 is 6.09 Å². The molecule has 1 aromatic rings. The molecular weight excluding hydrogens is 218 g/mol. The molecule has 1 aliphatic rings. The maximum atomic E-state index is 11.8. The van der Waals surface area contributed by atoms with E-state index in [-0.39, 0.29) is 6.61 Å². The molecule has 1 heterocycles. The molecule has 1 N–H and O–H groups in total. The fourth-order valence-electron chi connectivity index (χ4n) is 1.48.